The second kappa shape index (κ2) is 10.5. The number of ether oxygens (including phenoxy) is 4. The number of hydrogen-bond donors (Lipinski definition) is 0. The Hall–Kier alpha value is -3.30. The normalized spacial score (nSPS) is 23.5. The fraction of sp³-hybridized carbons (Fsp3) is 0.345. The van der Waals surface area contributed by atoms with Crippen molar-refractivity contribution < 1.29 is 23.7 Å². The van der Waals surface area contributed by atoms with Gasteiger partial charge in [0.2, 0.25) is 6.29 Å². The number of benzene rings is 3. The van der Waals surface area contributed by atoms with Gasteiger partial charge in [-0.05, 0) is 54.6 Å². The molecule has 0 bridgehead atoms. The molecule has 3 aromatic rings. The largest absolute Gasteiger partial charge is 0.497 e. The third kappa shape index (κ3) is 4.69. The average molecular weight is 536 g/mol. The van der Waals surface area contributed by atoms with Crippen LogP contribution in [-0.2, 0) is 20.1 Å². The quantitative estimate of drug-likeness (QED) is 0.461. The molecule has 0 radical (unpaired) electrons. The Kier molecular flexibility index (Phi) is 6.88. The Morgan fingerprint density at radius 2 is 1.66 bits per heavy atom. The summed E-state index contributed by atoms with van der Waals surface area (Å²) >= 11 is 6.01. The van der Waals surface area contributed by atoms with Gasteiger partial charge in [0.1, 0.15) is 11.5 Å². The number of fused-ring (bicyclic) bond motifs is 2. The van der Waals surface area contributed by atoms with Crippen LogP contribution in [0.1, 0.15) is 12.0 Å². The lowest BCUT2D eigenvalue weighted by atomic mass is 10.1. The number of anilines is 2. The first-order valence-electron chi connectivity index (χ1n) is 12.8. The van der Waals surface area contributed by atoms with E-state index in [-0.39, 0.29) is 5.91 Å². The summed E-state index contributed by atoms with van der Waals surface area (Å²) in [5.41, 5.74) is 2.69. The lowest BCUT2D eigenvalue weighted by molar-refractivity contribution is -0.316. The monoisotopic (exact) mass is 535 g/mol. The number of carbonyl (C=O) groups excluding carboxylic acids is 1. The van der Waals surface area contributed by atoms with Crippen LogP contribution in [0.4, 0.5) is 11.4 Å². The summed E-state index contributed by atoms with van der Waals surface area (Å²) in [6.07, 6.45) is -0.123. The molecule has 1 amide bonds. The molecule has 2 fully saturated rings. The number of halogens is 1. The van der Waals surface area contributed by atoms with Crippen LogP contribution in [0.15, 0.2) is 72.8 Å². The van der Waals surface area contributed by atoms with Gasteiger partial charge < -0.3 is 19.1 Å². The van der Waals surface area contributed by atoms with Crippen LogP contribution in [0.25, 0.3) is 0 Å². The molecule has 38 heavy (non-hydrogen) atoms. The highest BCUT2D eigenvalue weighted by molar-refractivity contribution is 6.30. The van der Waals surface area contributed by atoms with Gasteiger partial charge in [0.25, 0.3) is 11.7 Å². The van der Waals surface area contributed by atoms with Crippen molar-refractivity contribution in [1.29, 1.82) is 0 Å². The van der Waals surface area contributed by atoms with Gasteiger partial charge in [-0.2, -0.15) is 0 Å². The Bertz CT molecular complexity index is 1280. The molecule has 8 nitrogen and oxygen atoms in total. The standard InChI is InChI=1S/C29H30ClN3O5/c1-35-23-12-8-22(9-13-23)32-17-15-31(16-18-32)20-33-26-5-3-2-4-25(26)29(28(33)34)36-19-14-27(38-29)37-24-10-6-21(30)7-11-24/h2-13,27H,14-20H2,1H3/t27-,29-/m1/s1. The molecular weight excluding hydrogens is 506 g/mol. The molecule has 0 saturated carbocycles. The highest BCUT2D eigenvalue weighted by Gasteiger charge is 2.57. The second-order valence-corrected chi connectivity index (χ2v) is 10.0. The molecule has 0 aliphatic carbocycles. The lowest BCUT2D eigenvalue weighted by Crippen LogP contribution is -2.55. The zero-order chi connectivity index (χ0) is 26.1. The van der Waals surface area contributed by atoms with E-state index in [2.05, 4.69) is 21.9 Å². The van der Waals surface area contributed by atoms with Crippen LogP contribution in [0.2, 0.25) is 5.02 Å². The number of amides is 1. The number of carbonyl (C=O) groups is 1. The van der Waals surface area contributed by atoms with E-state index in [4.69, 9.17) is 30.5 Å². The van der Waals surface area contributed by atoms with Crippen molar-refractivity contribution >= 4 is 28.9 Å². The molecule has 2 atom stereocenters. The number of rotatable bonds is 6. The van der Waals surface area contributed by atoms with E-state index < -0.39 is 12.1 Å². The molecule has 3 heterocycles. The zero-order valence-corrected chi connectivity index (χ0v) is 22.0. The first kappa shape index (κ1) is 25.0. The van der Waals surface area contributed by atoms with Crippen molar-refractivity contribution in [2.24, 2.45) is 0 Å². The smallest absolute Gasteiger partial charge is 0.293 e. The second-order valence-electron chi connectivity index (χ2n) is 9.57. The minimum atomic E-state index is -1.52. The number of nitrogens with zero attached hydrogens (tertiary/aromatic N) is 3. The summed E-state index contributed by atoms with van der Waals surface area (Å²) in [6, 6.07) is 22.9. The predicted octanol–water partition coefficient (Wildman–Crippen LogP) is 4.47. The van der Waals surface area contributed by atoms with Crippen LogP contribution in [0, 0.1) is 0 Å². The van der Waals surface area contributed by atoms with Gasteiger partial charge in [-0.3, -0.25) is 19.3 Å². The number of hydrogen-bond acceptors (Lipinski definition) is 7. The Morgan fingerprint density at radius 1 is 0.947 bits per heavy atom. The van der Waals surface area contributed by atoms with Gasteiger partial charge in [-0.1, -0.05) is 29.8 Å². The van der Waals surface area contributed by atoms with E-state index in [1.54, 1.807) is 36.3 Å². The summed E-state index contributed by atoms with van der Waals surface area (Å²) < 4.78 is 23.8. The van der Waals surface area contributed by atoms with Crippen molar-refractivity contribution in [2.45, 2.75) is 18.5 Å². The molecule has 3 aromatic carbocycles. The maximum absolute atomic E-state index is 14.0. The topological polar surface area (TPSA) is 63.7 Å². The molecule has 9 heteroatoms. The molecule has 0 N–H and O–H groups in total. The number of methoxy groups -OCH3 is 1. The average Bonchev–Trinajstić information content (AvgIpc) is 3.17. The van der Waals surface area contributed by atoms with E-state index in [1.165, 1.54) is 5.69 Å². The molecule has 0 unspecified atom stereocenters. The zero-order valence-electron chi connectivity index (χ0n) is 21.2. The van der Waals surface area contributed by atoms with Gasteiger partial charge >= 0.3 is 0 Å². The van der Waals surface area contributed by atoms with E-state index in [0.29, 0.717) is 36.0 Å². The van der Waals surface area contributed by atoms with Crippen molar-refractivity contribution in [1.82, 2.24) is 4.90 Å². The molecular formula is C29H30ClN3O5. The maximum atomic E-state index is 14.0. The molecule has 0 aromatic heterocycles. The summed E-state index contributed by atoms with van der Waals surface area (Å²) in [7, 11) is 1.67. The first-order valence-corrected chi connectivity index (χ1v) is 13.2. The highest BCUT2D eigenvalue weighted by Crippen LogP contribution is 2.46. The minimum Gasteiger partial charge on any atom is -0.497 e. The van der Waals surface area contributed by atoms with Gasteiger partial charge in [0, 0.05) is 48.9 Å². The summed E-state index contributed by atoms with van der Waals surface area (Å²) in [5, 5.41) is 0.627. The van der Waals surface area contributed by atoms with Crippen LogP contribution < -0.4 is 19.3 Å². The Labute approximate surface area is 227 Å². The summed E-state index contributed by atoms with van der Waals surface area (Å²) in [4.78, 5) is 20.4. The van der Waals surface area contributed by atoms with Gasteiger partial charge in [-0.25, -0.2) is 0 Å². The fourth-order valence-electron chi connectivity index (χ4n) is 5.25. The van der Waals surface area contributed by atoms with E-state index >= 15 is 0 Å². The molecule has 198 valence electrons. The maximum Gasteiger partial charge on any atom is 0.293 e. The molecule has 6 rings (SSSR count). The fourth-order valence-corrected chi connectivity index (χ4v) is 5.37. The molecule has 3 aliphatic heterocycles. The predicted molar refractivity (Wildman–Crippen MR) is 145 cm³/mol. The lowest BCUT2D eigenvalue weighted by Gasteiger charge is -2.39. The molecule has 3 aliphatic rings. The first-order chi connectivity index (χ1) is 18.6. The van der Waals surface area contributed by atoms with Gasteiger partial charge in [0.05, 0.1) is 26.1 Å². The Balaban J connectivity index is 1.15. The van der Waals surface area contributed by atoms with E-state index in [1.807, 2.05) is 36.4 Å². The third-order valence-corrected chi connectivity index (χ3v) is 7.52. The van der Waals surface area contributed by atoms with Crippen LogP contribution in [-0.4, -0.2) is 63.7 Å². The number of piperazine rings is 1. The van der Waals surface area contributed by atoms with Crippen molar-refractivity contribution in [2.75, 3.05) is 56.4 Å². The van der Waals surface area contributed by atoms with Gasteiger partial charge in [0.15, 0.2) is 0 Å². The van der Waals surface area contributed by atoms with Crippen molar-refractivity contribution in [3.05, 3.63) is 83.4 Å². The van der Waals surface area contributed by atoms with Crippen LogP contribution >= 0.6 is 11.6 Å². The number of para-hydroxylation sites is 1. The summed E-state index contributed by atoms with van der Waals surface area (Å²) in [5.74, 6) is -0.264. The van der Waals surface area contributed by atoms with Crippen LogP contribution in [0.3, 0.4) is 0 Å². The van der Waals surface area contributed by atoms with Crippen molar-refractivity contribution in [3.8, 4) is 11.5 Å². The highest BCUT2D eigenvalue weighted by atomic mass is 35.5. The van der Waals surface area contributed by atoms with E-state index in [0.717, 1.165) is 37.6 Å². The summed E-state index contributed by atoms with van der Waals surface area (Å²) in [6.45, 7) is 4.19. The Morgan fingerprint density at radius 3 is 2.39 bits per heavy atom. The molecule has 2 saturated heterocycles. The minimum absolute atomic E-state index is 0.222. The van der Waals surface area contributed by atoms with Crippen molar-refractivity contribution in [3.63, 3.8) is 0 Å². The molecule has 1 spiro atoms. The third-order valence-electron chi connectivity index (χ3n) is 7.26. The SMILES string of the molecule is COc1ccc(N2CCN(CN3C(=O)[C@@]4(OCC[C@H](Oc5ccc(Cl)cc5)O4)c4ccccc43)CC2)cc1. The van der Waals surface area contributed by atoms with Gasteiger partial charge in [-0.15, -0.1) is 0 Å². The van der Waals surface area contributed by atoms with E-state index in [9.17, 15) is 4.79 Å². The van der Waals surface area contributed by atoms with Crippen LogP contribution in [0.5, 0.6) is 11.5 Å².